The van der Waals surface area contributed by atoms with Gasteiger partial charge in [0.1, 0.15) is 12.6 Å². The second kappa shape index (κ2) is 5.19. The van der Waals surface area contributed by atoms with Gasteiger partial charge in [-0.1, -0.05) is 36.4 Å². The summed E-state index contributed by atoms with van der Waals surface area (Å²) in [4.78, 5) is 33.5. The lowest BCUT2D eigenvalue weighted by molar-refractivity contribution is 0.103. The zero-order valence-electron chi connectivity index (χ0n) is 9.50. The van der Waals surface area contributed by atoms with Crippen molar-refractivity contribution in [1.82, 2.24) is 0 Å². The Morgan fingerprint density at radius 3 is 1.61 bits per heavy atom. The van der Waals surface area contributed by atoms with E-state index in [1.807, 2.05) is 0 Å². The molecule has 0 spiro atoms. The van der Waals surface area contributed by atoms with Crippen LogP contribution in [0.1, 0.15) is 36.6 Å². The van der Waals surface area contributed by atoms with E-state index in [-0.39, 0.29) is 5.78 Å². The van der Waals surface area contributed by atoms with E-state index in [2.05, 4.69) is 0 Å². The first-order chi connectivity index (χ1) is 8.74. The second-order valence-corrected chi connectivity index (χ2v) is 3.82. The molecule has 0 amide bonds. The highest BCUT2D eigenvalue weighted by molar-refractivity contribution is 6.10. The third kappa shape index (κ3) is 2.40. The Morgan fingerprint density at radius 1 is 0.778 bits per heavy atom. The largest absolute Gasteiger partial charge is 0.298 e. The molecular formula is C15H10O3. The van der Waals surface area contributed by atoms with Crippen LogP contribution in [0.15, 0.2) is 48.5 Å². The maximum absolute atomic E-state index is 12.2. The molecule has 0 aliphatic heterocycles. The zero-order chi connectivity index (χ0) is 13.0. The lowest BCUT2D eigenvalue weighted by Gasteiger charge is -2.02. The minimum absolute atomic E-state index is 0.206. The minimum Gasteiger partial charge on any atom is -0.298 e. The van der Waals surface area contributed by atoms with Gasteiger partial charge < -0.3 is 0 Å². The molecule has 0 radical (unpaired) electrons. The Labute approximate surface area is 104 Å². The van der Waals surface area contributed by atoms with Crippen LogP contribution in [0.3, 0.4) is 0 Å². The van der Waals surface area contributed by atoms with Gasteiger partial charge >= 0.3 is 0 Å². The number of ketones is 1. The molecule has 3 nitrogen and oxygen atoms in total. The number of hydrogen-bond donors (Lipinski definition) is 0. The fourth-order valence-electron chi connectivity index (χ4n) is 1.67. The van der Waals surface area contributed by atoms with Crippen LogP contribution >= 0.6 is 0 Å². The van der Waals surface area contributed by atoms with Crippen molar-refractivity contribution in [3.63, 3.8) is 0 Å². The minimum atomic E-state index is -0.206. The third-order valence-corrected chi connectivity index (χ3v) is 2.57. The number of carbonyl (C=O) groups excluding carboxylic acids is 3. The van der Waals surface area contributed by atoms with Crippen molar-refractivity contribution in [2.75, 3.05) is 0 Å². The van der Waals surface area contributed by atoms with Crippen molar-refractivity contribution in [2.24, 2.45) is 0 Å². The van der Waals surface area contributed by atoms with Gasteiger partial charge in [0.25, 0.3) is 0 Å². The number of aldehydes is 2. The summed E-state index contributed by atoms with van der Waals surface area (Å²) in [7, 11) is 0. The molecule has 2 aromatic carbocycles. The Hall–Kier alpha value is -2.55. The molecule has 18 heavy (non-hydrogen) atoms. The van der Waals surface area contributed by atoms with Crippen LogP contribution in [0, 0.1) is 0 Å². The summed E-state index contributed by atoms with van der Waals surface area (Å²) >= 11 is 0. The highest BCUT2D eigenvalue weighted by Gasteiger charge is 2.09. The monoisotopic (exact) mass is 238 g/mol. The van der Waals surface area contributed by atoms with Gasteiger partial charge in [0.05, 0.1) is 0 Å². The number of hydrogen-bond acceptors (Lipinski definition) is 3. The Kier molecular flexibility index (Phi) is 3.44. The number of benzene rings is 2. The van der Waals surface area contributed by atoms with Crippen LogP contribution < -0.4 is 0 Å². The van der Waals surface area contributed by atoms with Crippen LogP contribution in [-0.2, 0) is 0 Å². The molecule has 0 aromatic heterocycles. The van der Waals surface area contributed by atoms with Crippen molar-refractivity contribution in [2.45, 2.75) is 0 Å². The molecule has 0 N–H and O–H groups in total. The van der Waals surface area contributed by atoms with E-state index in [1.54, 1.807) is 36.4 Å². The Bertz CT molecular complexity index is 561. The van der Waals surface area contributed by atoms with E-state index in [1.165, 1.54) is 12.1 Å². The molecule has 0 unspecified atom stereocenters. The Morgan fingerprint density at radius 2 is 1.22 bits per heavy atom. The molecule has 0 atom stereocenters. The van der Waals surface area contributed by atoms with Crippen molar-refractivity contribution < 1.29 is 14.4 Å². The van der Waals surface area contributed by atoms with E-state index in [0.717, 1.165) is 0 Å². The van der Waals surface area contributed by atoms with Crippen LogP contribution in [0.25, 0.3) is 0 Å². The fourth-order valence-corrected chi connectivity index (χ4v) is 1.67. The highest BCUT2D eigenvalue weighted by atomic mass is 16.1. The van der Waals surface area contributed by atoms with Crippen LogP contribution in [0.4, 0.5) is 0 Å². The average Bonchev–Trinajstić information content (AvgIpc) is 2.46. The summed E-state index contributed by atoms with van der Waals surface area (Å²) in [5, 5.41) is 0. The van der Waals surface area contributed by atoms with E-state index in [0.29, 0.717) is 34.8 Å². The molecule has 0 saturated heterocycles. The summed E-state index contributed by atoms with van der Waals surface area (Å²) in [6.07, 6.45) is 1.39. The van der Waals surface area contributed by atoms with Crippen LogP contribution in [0.2, 0.25) is 0 Å². The van der Waals surface area contributed by atoms with Gasteiger partial charge in [0.15, 0.2) is 5.78 Å². The van der Waals surface area contributed by atoms with E-state index in [4.69, 9.17) is 0 Å². The molecule has 0 fully saturated rings. The molecule has 2 rings (SSSR count). The molecule has 0 aliphatic rings. The van der Waals surface area contributed by atoms with Gasteiger partial charge in [-0.15, -0.1) is 0 Å². The summed E-state index contributed by atoms with van der Waals surface area (Å²) in [5.41, 5.74) is 1.77. The first-order valence-corrected chi connectivity index (χ1v) is 5.40. The molecule has 0 aliphatic carbocycles. The molecule has 2 aromatic rings. The highest BCUT2D eigenvalue weighted by Crippen LogP contribution is 2.12. The molecule has 0 heterocycles. The smallest absolute Gasteiger partial charge is 0.193 e. The number of carbonyl (C=O) groups is 3. The number of rotatable bonds is 4. The van der Waals surface area contributed by atoms with Crippen molar-refractivity contribution in [3.8, 4) is 0 Å². The summed E-state index contributed by atoms with van der Waals surface area (Å²) < 4.78 is 0. The van der Waals surface area contributed by atoms with E-state index >= 15 is 0 Å². The van der Waals surface area contributed by atoms with Gasteiger partial charge in [-0.05, 0) is 12.1 Å². The van der Waals surface area contributed by atoms with Gasteiger partial charge in [-0.2, -0.15) is 0 Å². The van der Waals surface area contributed by atoms with Gasteiger partial charge in [0.2, 0.25) is 0 Å². The van der Waals surface area contributed by atoms with Crippen LogP contribution in [-0.4, -0.2) is 18.4 Å². The Balaban J connectivity index is 2.40. The normalized spacial score (nSPS) is 9.78. The van der Waals surface area contributed by atoms with Gasteiger partial charge in [-0.25, -0.2) is 0 Å². The third-order valence-electron chi connectivity index (χ3n) is 2.57. The van der Waals surface area contributed by atoms with Crippen molar-refractivity contribution in [3.05, 3.63) is 70.8 Å². The summed E-state index contributed by atoms with van der Waals surface area (Å²) in [6.45, 7) is 0. The maximum atomic E-state index is 12.2. The van der Waals surface area contributed by atoms with Crippen molar-refractivity contribution in [1.29, 1.82) is 0 Å². The molecule has 88 valence electrons. The second-order valence-electron chi connectivity index (χ2n) is 3.82. The lowest BCUT2D eigenvalue weighted by Crippen LogP contribution is -2.02. The fraction of sp³-hybridized carbons (Fsp3) is 0. The van der Waals surface area contributed by atoms with Gasteiger partial charge in [-0.3, -0.25) is 14.4 Å². The maximum Gasteiger partial charge on any atom is 0.193 e. The molecule has 3 heteroatoms. The first kappa shape index (κ1) is 11.9. The van der Waals surface area contributed by atoms with E-state index < -0.39 is 0 Å². The first-order valence-electron chi connectivity index (χ1n) is 5.40. The predicted octanol–water partition coefficient (Wildman–Crippen LogP) is 2.54. The molecule has 0 saturated carbocycles. The SMILES string of the molecule is O=Cc1cccc(C(=O)c2cccc(C=O)c2)c1. The summed E-state index contributed by atoms with van der Waals surface area (Å²) in [6, 6.07) is 12.9. The zero-order valence-corrected chi connectivity index (χ0v) is 9.50. The molecular weight excluding hydrogens is 228 g/mol. The van der Waals surface area contributed by atoms with E-state index in [9.17, 15) is 14.4 Å². The quantitative estimate of drug-likeness (QED) is 0.607. The predicted molar refractivity (Wildman–Crippen MR) is 67.1 cm³/mol. The van der Waals surface area contributed by atoms with Crippen LogP contribution in [0.5, 0.6) is 0 Å². The topological polar surface area (TPSA) is 51.2 Å². The summed E-state index contributed by atoms with van der Waals surface area (Å²) in [5.74, 6) is -0.206. The lowest BCUT2D eigenvalue weighted by atomic mass is 10.0. The van der Waals surface area contributed by atoms with Gasteiger partial charge in [0, 0.05) is 22.3 Å². The average molecular weight is 238 g/mol. The molecule has 0 bridgehead atoms. The standard InChI is InChI=1S/C15H10O3/c16-9-11-3-1-5-13(7-11)15(18)14-6-2-4-12(8-14)10-17/h1-10H. The van der Waals surface area contributed by atoms with Crippen molar-refractivity contribution >= 4 is 18.4 Å².